The topological polar surface area (TPSA) is 362 Å². The maximum absolute atomic E-state index is 13.8. The van der Waals surface area contributed by atoms with Gasteiger partial charge in [0, 0.05) is 22.9 Å². The van der Waals surface area contributed by atoms with E-state index in [1.165, 1.54) is 31.2 Å². The zero-order chi connectivity index (χ0) is 48.1. The van der Waals surface area contributed by atoms with Crippen LogP contribution in [0.3, 0.4) is 0 Å². The molecule has 8 amide bonds. The predicted octanol–water partition coefficient (Wildman–Crippen LogP) is -1.30. The molecule has 350 valence electrons. The van der Waals surface area contributed by atoms with Crippen LogP contribution < -0.4 is 43.0 Å². The molecule has 0 saturated heterocycles. The molecule has 2 aromatic rings. The van der Waals surface area contributed by atoms with Gasteiger partial charge in [0.05, 0.1) is 13.2 Å². The first-order chi connectivity index (χ1) is 30.1. The SMILES string of the molecule is CC(C)C[C@H](NC(=O)[C@H](CO)NC(=O)[C@H](CCC(=O)O)NC(=O)CNC(=O)[C@H](C)NC(=O)c1ccc(Br)cc1)C(=O)N[C@@H](CCc1ccc(O)cc1)C(=O)N[C@@H](CCC(=O)O)C(N)=O. The molecule has 0 aromatic heterocycles. The first-order valence-electron chi connectivity index (χ1n) is 20.1. The van der Waals surface area contributed by atoms with Crippen LogP contribution in [0.4, 0.5) is 0 Å². The van der Waals surface area contributed by atoms with Gasteiger partial charge in [-0.2, -0.15) is 0 Å². The zero-order valence-corrected chi connectivity index (χ0v) is 36.9. The Bertz CT molecular complexity index is 1980. The molecule has 6 atom stereocenters. The van der Waals surface area contributed by atoms with Crippen LogP contribution in [0.1, 0.15) is 75.2 Å². The molecule has 0 heterocycles. The van der Waals surface area contributed by atoms with Crippen LogP contribution in [-0.2, 0) is 49.6 Å². The highest BCUT2D eigenvalue weighted by molar-refractivity contribution is 9.10. The summed E-state index contributed by atoms with van der Waals surface area (Å²) in [6.07, 6.45) is -1.93. The molecule has 0 saturated carbocycles. The summed E-state index contributed by atoms with van der Waals surface area (Å²) in [6, 6.07) is 3.62. The van der Waals surface area contributed by atoms with Crippen molar-refractivity contribution < 1.29 is 68.4 Å². The number of rotatable bonds is 27. The Kier molecular flexibility index (Phi) is 22.4. The lowest BCUT2D eigenvalue weighted by atomic mass is 10.00. The van der Waals surface area contributed by atoms with Gasteiger partial charge in [0.25, 0.3) is 5.91 Å². The smallest absolute Gasteiger partial charge is 0.303 e. The highest BCUT2D eigenvalue weighted by Crippen LogP contribution is 2.14. The van der Waals surface area contributed by atoms with E-state index in [9.17, 15) is 63.3 Å². The van der Waals surface area contributed by atoms with Crippen molar-refractivity contribution in [2.75, 3.05) is 13.2 Å². The number of aromatic hydroxyl groups is 1. The number of carboxylic acids is 2. The maximum Gasteiger partial charge on any atom is 0.303 e. The number of aliphatic hydroxyl groups excluding tert-OH is 1. The largest absolute Gasteiger partial charge is 0.508 e. The number of carbonyl (C=O) groups is 10. The highest BCUT2D eigenvalue weighted by atomic mass is 79.9. The van der Waals surface area contributed by atoms with Gasteiger partial charge in [-0.05, 0) is 86.9 Å². The average molecular weight is 964 g/mol. The normalized spacial score (nSPS) is 13.7. The third-order valence-corrected chi connectivity index (χ3v) is 9.85. The lowest BCUT2D eigenvalue weighted by molar-refractivity contribution is -0.139. The molecule has 13 N–H and O–H groups in total. The number of phenolic OH excluding ortho intramolecular Hbond substituents is 1. The third-order valence-electron chi connectivity index (χ3n) is 9.32. The molecule has 2 aromatic carbocycles. The number of aryl methyl sites for hydroxylation is 1. The van der Waals surface area contributed by atoms with Gasteiger partial charge >= 0.3 is 11.9 Å². The van der Waals surface area contributed by atoms with Crippen LogP contribution in [-0.4, -0.2) is 129 Å². The number of carboxylic acid groups (broad SMARTS) is 2. The minimum Gasteiger partial charge on any atom is -0.508 e. The monoisotopic (exact) mass is 962 g/mol. The molecule has 0 aliphatic rings. The maximum atomic E-state index is 13.8. The predicted molar refractivity (Wildman–Crippen MR) is 230 cm³/mol. The van der Waals surface area contributed by atoms with Gasteiger partial charge < -0.3 is 63.4 Å². The quantitative estimate of drug-likeness (QED) is 0.0496. The van der Waals surface area contributed by atoms with Gasteiger partial charge in [0.2, 0.25) is 41.4 Å². The Labute approximate surface area is 376 Å². The minimum atomic E-state index is -1.76. The van der Waals surface area contributed by atoms with Crippen LogP contribution in [0.2, 0.25) is 0 Å². The van der Waals surface area contributed by atoms with Crippen molar-refractivity contribution in [1.82, 2.24) is 37.2 Å². The number of hydrogen-bond donors (Lipinski definition) is 12. The second-order valence-electron chi connectivity index (χ2n) is 15.1. The lowest BCUT2D eigenvalue weighted by Crippen LogP contribution is -2.60. The van der Waals surface area contributed by atoms with E-state index in [2.05, 4.69) is 53.1 Å². The molecule has 0 radical (unpaired) electrons. The van der Waals surface area contributed by atoms with Crippen LogP contribution in [0.25, 0.3) is 0 Å². The fourth-order valence-electron chi connectivity index (χ4n) is 5.83. The van der Waals surface area contributed by atoms with Crippen molar-refractivity contribution in [1.29, 1.82) is 0 Å². The minimum absolute atomic E-state index is 0.0207. The van der Waals surface area contributed by atoms with E-state index in [1.54, 1.807) is 38.1 Å². The summed E-state index contributed by atoms with van der Waals surface area (Å²) in [4.78, 5) is 127. The summed E-state index contributed by atoms with van der Waals surface area (Å²) in [5, 5.41) is 54.8. The van der Waals surface area contributed by atoms with Gasteiger partial charge in [-0.3, -0.25) is 47.9 Å². The molecular weight excluding hydrogens is 908 g/mol. The van der Waals surface area contributed by atoms with Gasteiger partial charge in [0.1, 0.15) is 42.0 Å². The highest BCUT2D eigenvalue weighted by Gasteiger charge is 2.33. The van der Waals surface area contributed by atoms with E-state index >= 15 is 0 Å². The lowest BCUT2D eigenvalue weighted by Gasteiger charge is -2.27. The number of benzene rings is 2. The Balaban J connectivity index is 2.18. The van der Waals surface area contributed by atoms with Crippen LogP contribution in [0, 0.1) is 5.92 Å². The van der Waals surface area contributed by atoms with E-state index in [4.69, 9.17) is 10.8 Å². The zero-order valence-electron chi connectivity index (χ0n) is 35.4. The number of aliphatic hydroxyl groups is 1. The number of carbonyl (C=O) groups excluding carboxylic acids is 8. The molecule has 0 fully saturated rings. The summed E-state index contributed by atoms with van der Waals surface area (Å²) in [5.74, 6) is -10.2. The number of nitrogens with one attached hydrogen (secondary N) is 7. The molecular formula is C41H55BrN8O14. The van der Waals surface area contributed by atoms with Crippen LogP contribution in [0.5, 0.6) is 5.75 Å². The van der Waals surface area contributed by atoms with Gasteiger partial charge in [-0.1, -0.05) is 41.9 Å². The Morgan fingerprint density at radius 3 is 1.62 bits per heavy atom. The molecule has 0 unspecified atom stereocenters. The molecule has 23 heteroatoms. The molecule has 22 nitrogen and oxygen atoms in total. The van der Waals surface area contributed by atoms with E-state index in [-0.39, 0.29) is 42.9 Å². The van der Waals surface area contributed by atoms with Crippen molar-refractivity contribution in [2.45, 2.75) is 102 Å². The number of phenols is 1. The van der Waals surface area contributed by atoms with Gasteiger partial charge in [-0.15, -0.1) is 0 Å². The summed E-state index contributed by atoms with van der Waals surface area (Å²) in [6.45, 7) is 3.06. The first-order valence-corrected chi connectivity index (χ1v) is 20.9. The summed E-state index contributed by atoms with van der Waals surface area (Å²) >= 11 is 3.26. The van der Waals surface area contributed by atoms with Crippen LogP contribution >= 0.6 is 15.9 Å². The number of amides is 8. The Morgan fingerprint density at radius 1 is 0.609 bits per heavy atom. The number of aliphatic carboxylic acids is 2. The van der Waals surface area contributed by atoms with E-state index in [0.29, 0.717) is 5.56 Å². The van der Waals surface area contributed by atoms with Crippen molar-refractivity contribution in [2.24, 2.45) is 11.7 Å². The number of hydrogen-bond acceptors (Lipinski definition) is 12. The van der Waals surface area contributed by atoms with Crippen molar-refractivity contribution in [3.8, 4) is 5.75 Å². The summed E-state index contributed by atoms with van der Waals surface area (Å²) in [5.41, 5.74) is 6.30. The molecule has 64 heavy (non-hydrogen) atoms. The Hall–Kier alpha value is -6.62. The van der Waals surface area contributed by atoms with E-state index in [0.717, 1.165) is 4.47 Å². The molecule has 0 aliphatic carbocycles. The van der Waals surface area contributed by atoms with E-state index in [1.807, 2.05) is 0 Å². The second kappa shape index (κ2) is 26.8. The molecule has 0 aliphatic heterocycles. The van der Waals surface area contributed by atoms with Gasteiger partial charge in [0.15, 0.2) is 0 Å². The fraction of sp³-hybridized carbons (Fsp3) is 0.463. The third kappa shape index (κ3) is 19.6. The average Bonchev–Trinajstić information content (AvgIpc) is 3.23. The standard InChI is InChI=1S/C41H55BrN8O14/c1-21(2)18-30(40(63)48-29(13-6-23-4-11-26(52)12-5-23)39(62)47-27(35(43)58)14-16-33(54)55)49-41(64)31(20-51)50-38(61)28(15-17-34(56)57)46-32(53)19-44-36(59)22(3)45-37(60)24-7-9-25(42)10-8-24/h4-5,7-12,21-22,27-31,51-52H,6,13-20H2,1-3H3,(H2,43,58)(H,44,59)(H,45,60)(H,46,53)(H,47,62)(H,48,63)(H,49,64)(H,50,61)(H,54,55)(H,56,57)/t22-,27-,28-,29-,30-,31-/m0/s1. The van der Waals surface area contributed by atoms with Crippen LogP contribution in [0.15, 0.2) is 53.0 Å². The molecule has 2 rings (SSSR count). The van der Waals surface area contributed by atoms with Crippen molar-refractivity contribution in [3.63, 3.8) is 0 Å². The number of halogens is 1. The van der Waals surface area contributed by atoms with E-state index < -0.39 is 128 Å². The molecule has 0 bridgehead atoms. The summed E-state index contributed by atoms with van der Waals surface area (Å²) in [7, 11) is 0. The molecule has 0 spiro atoms. The van der Waals surface area contributed by atoms with Gasteiger partial charge in [-0.25, -0.2) is 0 Å². The number of primary amides is 1. The first kappa shape index (κ1) is 53.5. The van der Waals surface area contributed by atoms with Crippen molar-refractivity contribution >= 4 is 75.1 Å². The summed E-state index contributed by atoms with van der Waals surface area (Å²) < 4.78 is 0.730. The Morgan fingerprint density at radius 2 is 1.09 bits per heavy atom. The number of nitrogens with two attached hydrogens (primary N) is 1. The second-order valence-corrected chi connectivity index (χ2v) is 16.0. The van der Waals surface area contributed by atoms with Crippen molar-refractivity contribution in [3.05, 3.63) is 64.1 Å². The fourth-order valence-corrected chi connectivity index (χ4v) is 6.10.